The molecular formula is C21H20ClN3O5. The summed E-state index contributed by atoms with van der Waals surface area (Å²) in [5.41, 5.74) is 1.80. The van der Waals surface area contributed by atoms with Crippen molar-refractivity contribution in [2.75, 3.05) is 13.2 Å². The standard InChI is InChI=1S/C21H20ClN3O5/c1-12-18(19(25-30-12)13-2-4-15(22)5-3-13)20(26)14-10-17(23-11-14)29-21(27)24-16-6-8-28-9-7-16/h2-5,10-11,16,23H,6-9H2,1H3,(H,24,27). The molecule has 2 N–H and O–H groups in total. The van der Waals surface area contributed by atoms with Gasteiger partial charge in [0.2, 0.25) is 11.7 Å². The Balaban J connectivity index is 1.48. The van der Waals surface area contributed by atoms with Crippen molar-refractivity contribution in [3.63, 3.8) is 0 Å². The minimum Gasteiger partial charge on any atom is -0.393 e. The number of amides is 1. The molecule has 30 heavy (non-hydrogen) atoms. The second-order valence-electron chi connectivity index (χ2n) is 6.97. The number of aromatic amines is 1. The fourth-order valence-corrected chi connectivity index (χ4v) is 3.42. The summed E-state index contributed by atoms with van der Waals surface area (Å²) in [6.07, 6.45) is 2.39. The summed E-state index contributed by atoms with van der Waals surface area (Å²) in [5, 5.41) is 7.41. The van der Waals surface area contributed by atoms with Gasteiger partial charge in [-0.25, -0.2) is 4.79 Å². The lowest BCUT2D eigenvalue weighted by Gasteiger charge is -2.22. The first kappa shape index (κ1) is 20.2. The fraction of sp³-hybridized carbons (Fsp3) is 0.286. The number of carbonyl (C=O) groups is 2. The third-order valence-corrected chi connectivity index (χ3v) is 5.12. The monoisotopic (exact) mass is 429 g/mol. The predicted molar refractivity (Wildman–Crippen MR) is 109 cm³/mol. The van der Waals surface area contributed by atoms with Crippen molar-refractivity contribution in [3.05, 3.63) is 58.4 Å². The number of hydrogen-bond acceptors (Lipinski definition) is 6. The van der Waals surface area contributed by atoms with Gasteiger partial charge in [-0.1, -0.05) is 28.9 Å². The molecule has 1 saturated heterocycles. The highest BCUT2D eigenvalue weighted by atomic mass is 35.5. The number of H-pyrrole nitrogens is 1. The van der Waals surface area contributed by atoms with Gasteiger partial charge in [-0.05, 0) is 31.9 Å². The molecule has 9 heteroatoms. The molecule has 1 fully saturated rings. The molecule has 1 aliphatic heterocycles. The fourth-order valence-electron chi connectivity index (χ4n) is 3.29. The van der Waals surface area contributed by atoms with Gasteiger partial charge in [-0.3, -0.25) is 4.79 Å². The van der Waals surface area contributed by atoms with Crippen LogP contribution in [0.15, 0.2) is 41.1 Å². The molecule has 2 aromatic heterocycles. The number of ketones is 1. The zero-order valence-electron chi connectivity index (χ0n) is 16.2. The highest BCUT2D eigenvalue weighted by Crippen LogP contribution is 2.29. The molecule has 0 unspecified atom stereocenters. The summed E-state index contributed by atoms with van der Waals surface area (Å²) < 4.78 is 15.8. The number of nitrogens with zero attached hydrogens (tertiary/aromatic N) is 1. The largest absolute Gasteiger partial charge is 0.414 e. The average molecular weight is 430 g/mol. The summed E-state index contributed by atoms with van der Waals surface area (Å²) in [4.78, 5) is 28.0. The molecule has 156 valence electrons. The number of halogens is 1. The second kappa shape index (κ2) is 8.73. The summed E-state index contributed by atoms with van der Waals surface area (Å²) in [6, 6.07) is 8.46. The predicted octanol–water partition coefficient (Wildman–Crippen LogP) is 4.13. The van der Waals surface area contributed by atoms with E-state index in [0.29, 0.717) is 46.4 Å². The van der Waals surface area contributed by atoms with Crippen LogP contribution in [-0.4, -0.2) is 41.3 Å². The van der Waals surface area contributed by atoms with Crippen molar-refractivity contribution >= 4 is 23.5 Å². The number of ether oxygens (including phenoxy) is 2. The molecule has 1 aliphatic rings. The third-order valence-electron chi connectivity index (χ3n) is 4.87. The minimum atomic E-state index is -0.578. The molecule has 1 amide bonds. The van der Waals surface area contributed by atoms with Gasteiger partial charge in [0.25, 0.3) is 0 Å². The molecule has 0 spiro atoms. The number of aromatic nitrogens is 2. The Bertz CT molecular complexity index is 1050. The number of nitrogens with one attached hydrogen (secondary N) is 2. The molecular weight excluding hydrogens is 410 g/mol. The van der Waals surface area contributed by atoms with E-state index in [1.54, 1.807) is 31.2 Å². The van der Waals surface area contributed by atoms with E-state index in [1.165, 1.54) is 12.3 Å². The topological polar surface area (TPSA) is 106 Å². The van der Waals surface area contributed by atoms with Gasteiger partial charge in [0.15, 0.2) is 0 Å². The van der Waals surface area contributed by atoms with E-state index in [1.807, 2.05) is 0 Å². The van der Waals surface area contributed by atoms with Gasteiger partial charge in [0.1, 0.15) is 11.5 Å². The number of hydrogen-bond donors (Lipinski definition) is 2. The molecule has 0 atom stereocenters. The number of aryl methyl sites for hydroxylation is 1. The molecule has 0 aliphatic carbocycles. The van der Waals surface area contributed by atoms with Crippen LogP contribution in [0.1, 0.15) is 34.5 Å². The Morgan fingerprint density at radius 3 is 2.70 bits per heavy atom. The Kier molecular flexibility index (Phi) is 5.87. The van der Waals surface area contributed by atoms with Gasteiger partial charge in [-0.2, -0.15) is 0 Å². The molecule has 3 heterocycles. The van der Waals surface area contributed by atoms with Crippen LogP contribution in [0, 0.1) is 6.92 Å². The van der Waals surface area contributed by atoms with E-state index < -0.39 is 6.09 Å². The normalized spacial score (nSPS) is 14.5. The molecule has 0 saturated carbocycles. The smallest absolute Gasteiger partial charge is 0.393 e. The third kappa shape index (κ3) is 4.39. The van der Waals surface area contributed by atoms with Crippen LogP contribution in [0.5, 0.6) is 5.88 Å². The zero-order valence-corrected chi connectivity index (χ0v) is 17.0. The Morgan fingerprint density at radius 2 is 1.97 bits per heavy atom. The molecule has 3 aromatic rings. The molecule has 0 bridgehead atoms. The van der Waals surface area contributed by atoms with Crippen LogP contribution < -0.4 is 10.1 Å². The van der Waals surface area contributed by atoms with Crippen LogP contribution in [0.3, 0.4) is 0 Å². The molecule has 1 aromatic carbocycles. The minimum absolute atomic E-state index is 0.0175. The van der Waals surface area contributed by atoms with Crippen molar-refractivity contribution < 1.29 is 23.6 Å². The molecule has 0 radical (unpaired) electrons. The van der Waals surface area contributed by atoms with Gasteiger partial charge in [0, 0.05) is 47.7 Å². The lowest BCUT2D eigenvalue weighted by Crippen LogP contribution is -2.40. The quantitative estimate of drug-likeness (QED) is 0.590. The first-order valence-electron chi connectivity index (χ1n) is 9.52. The zero-order chi connectivity index (χ0) is 21.1. The second-order valence-corrected chi connectivity index (χ2v) is 7.41. The summed E-state index contributed by atoms with van der Waals surface area (Å²) in [6.45, 7) is 2.89. The first-order valence-corrected chi connectivity index (χ1v) is 9.90. The van der Waals surface area contributed by atoms with E-state index in [9.17, 15) is 9.59 Å². The molecule has 8 nitrogen and oxygen atoms in total. The number of benzene rings is 1. The molecule has 4 rings (SSSR count). The van der Waals surface area contributed by atoms with Gasteiger partial charge >= 0.3 is 6.09 Å². The lowest BCUT2D eigenvalue weighted by molar-refractivity contribution is 0.0777. The van der Waals surface area contributed by atoms with E-state index in [2.05, 4.69) is 15.5 Å². The van der Waals surface area contributed by atoms with Crippen molar-refractivity contribution in [2.45, 2.75) is 25.8 Å². The Hall–Kier alpha value is -3.10. The van der Waals surface area contributed by atoms with Crippen LogP contribution in [0.4, 0.5) is 4.79 Å². The summed E-state index contributed by atoms with van der Waals surface area (Å²) in [5.74, 6) is 0.269. The Morgan fingerprint density at radius 1 is 1.23 bits per heavy atom. The lowest BCUT2D eigenvalue weighted by atomic mass is 10.00. The van der Waals surface area contributed by atoms with E-state index >= 15 is 0 Å². The van der Waals surface area contributed by atoms with Crippen molar-refractivity contribution in [1.82, 2.24) is 15.5 Å². The highest BCUT2D eigenvalue weighted by molar-refractivity contribution is 6.30. The van der Waals surface area contributed by atoms with Crippen LogP contribution >= 0.6 is 11.6 Å². The van der Waals surface area contributed by atoms with Crippen LogP contribution in [-0.2, 0) is 4.74 Å². The summed E-state index contributed by atoms with van der Waals surface area (Å²) in [7, 11) is 0. The van der Waals surface area contributed by atoms with E-state index in [4.69, 9.17) is 25.6 Å². The van der Waals surface area contributed by atoms with Gasteiger partial charge < -0.3 is 24.3 Å². The van der Waals surface area contributed by atoms with Crippen molar-refractivity contribution in [1.29, 1.82) is 0 Å². The van der Waals surface area contributed by atoms with Crippen LogP contribution in [0.2, 0.25) is 5.02 Å². The number of rotatable bonds is 5. The number of carbonyl (C=O) groups excluding carboxylic acids is 2. The van der Waals surface area contributed by atoms with Crippen LogP contribution in [0.25, 0.3) is 11.3 Å². The van der Waals surface area contributed by atoms with Gasteiger partial charge in [-0.15, -0.1) is 0 Å². The van der Waals surface area contributed by atoms with E-state index in [-0.39, 0.29) is 17.7 Å². The van der Waals surface area contributed by atoms with E-state index in [0.717, 1.165) is 12.8 Å². The average Bonchev–Trinajstić information content (AvgIpc) is 3.35. The van der Waals surface area contributed by atoms with Gasteiger partial charge in [0.05, 0.1) is 5.56 Å². The maximum atomic E-state index is 13.1. The van der Waals surface area contributed by atoms with Crippen molar-refractivity contribution in [3.8, 4) is 17.1 Å². The SMILES string of the molecule is Cc1onc(-c2ccc(Cl)cc2)c1C(=O)c1c[nH]c(OC(=O)NC2CCOCC2)c1. The highest BCUT2D eigenvalue weighted by Gasteiger charge is 2.24. The summed E-state index contributed by atoms with van der Waals surface area (Å²) >= 11 is 5.94. The Labute approximate surface area is 177 Å². The van der Waals surface area contributed by atoms with Crippen molar-refractivity contribution in [2.24, 2.45) is 0 Å². The first-order chi connectivity index (χ1) is 14.5. The maximum Gasteiger partial charge on any atom is 0.414 e. The maximum absolute atomic E-state index is 13.1.